The summed E-state index contributed by atoms with van der Waals surface area (Å²) < 4.78 is 11.3. The number of rotatable bonds is 18. The van der Waals surface area contributed by atoms with E-state index in [2.05, 4.69) is 17.1 Å². The van der Waals surface area contributed by atoms with Crippen molar-refractivity contribution in [3.05, 3.63) is 23.8 Å². The number of nitrogens with zero attached hydrogens (tertiary/aromatic N) is 1. The number of carbonyl (C=O) groups excluding carboxylic acids is 1. The van der Waals surface area contributed by atoms with Gasteiger partial charge < -0.3 is 24.8 Å². The summed E-state index contributed by atoms with van der Waals surface area (Å²) in [5.41, 5.74) is 0.756. The van der Waals surface area contributed by atoms with E-state index in [0.717, 1.165) is 31.5 Å². The molecule has 0 spiro atoms. The summed E-state index contributed by atoms with van der Waals surface area (Å²) >= 11 is 0. The van der Waals surface area contributed by atoms with E-state index in [1.54, 1.807) is 0 Å². The van der Waals surface area contributed by atoms with Crippen molar-refractivity contribution in [3.8, 4) is 11.5 Å². The molecule has 1 amide bonds. The molecule has 0 radical (unpaired) electrons. The quantitative estimate of drug-likeness (QED) is 0.221. The molecule has 210 valence electrons. The molecule has 0 saturated carbocycles. The third-order valence-electron chi connectivity index (χ3n) is 7.96. The number of fused-ring (bicyclic) bond motifs is 1. The van der Waals surface area contributed by atoms with Crippen LogP contribution in [0.25, 0.3) is 0 Å². The van der Waals surface area contributed by atoms with E-state index < -0.39 is 6.10 Å². The molecular weight excluding hydrogens is 464 g/mol. The van der Waals surface area contributed by atoms with Crippen LogP contribution in [0.1, 0.15) is 115 Å². The van der Waals surface area contributed by atoms with Crippen LogP contribution in [0.3, 0.4) is 0 Å². The molecule has 0 aromatic heterocycles. The minimum atomic E-state index is -0.797. The van der Waals surface area contributed by atoms with E-state index in [0.29, 0.717) is 31.3 Å². The third kappa shape index (κ3) is 10.5. The topological polar surface area (TPSA) is 71.0 Å². The first-order chi connectivity index (χ1) is 18.1. The van der Waals surface area contributed by atoms with Crippen LogP contribution in [-0.2, 0) is 4.79 Å². The monoisotopic (exact) mass is 516 g/mol. The highest BCUT2D eigenvalue weighted by Gasteiger charge is 2.29. The normalized spacial score (nSPS) is 17.9. The van der Waals surface area contributed by atoms with Gasteiger partial charge >= 0.3 is 0 Å². The van der Waals surface area contributed by atoms with Gasteiger partial charge in [-0.1, -0.05) is 90.5 Å². The Balaban J connectivity index is 1.41. The highest BCUT2D eigenvalue weighted by atomic mass is 16.6. The number of likely N-dealkylation sites (tertiary alicyclic amines) is 1. The molecule has 1 fully saturated rings. The van der Waals surface area contributed by atoms with Gasteiger partial charge in [0.15, 0.2) is 11.5 Å². The van der Waals surface area contributed by atoms with Gasteiger partial charge in [0.05, 0.1) is 6.04 Å². The van der Waals surface area contributed by atoms with Gasteiger partial charge in [-0.2, -0.15) is 0 Å². The molecule has 1 aromatic carbocycles. The Morgan fingerprint density at radius 1 is 0.919 bits per heavy atom. The highest BCUT2D eigenvalue weighted by molar-refractivity contribution is 5.78. The lowest BCUT2D eigenvalue weighted by Gasteiger charge is -2.30. The second-order valence-corrected chi connectivity index (χ2v) is 11.2. The maximum atomic E-state index is 13.1. The van der Waals surface area contributed by atoms with E-state index in [4.69, 9.17) is 9.47 Å². The number of aliphatic hydroxyl groups is 1. The number of amides is 1. The minimum Gasteiger partial charge on any atom is -0.486 e. The Morgan fingerprint density at radius 2 is 1.51 bits per heavy atom. The molecule has 2 N–H and O–H groups in total. The molecule has 6 nitrogen and oxygen atoms in total. The zero-order valence-corrected chi connectivity index (χ0v) is 23.5. The van der Waals surface area contributed by atoms with Crippen LogP contribution in [0.5, 0.6) is 11.5 Å². The first-order valence-electron chi connectivity index (χ1n) is 15.2. The number of carbonyl (C=O) groups is 1. The predicted molar refractivity (Wildman–Crippen MR) is 150 cm³/mol. The van der Waals surface area contributed by atoms with Crippen molar-refractivity contribution in [3.63, 3.8) is 0 Å². The number of ether oxygens (including phenoxy) is 2. The third-order valence-corrected chi connectivity index (χ3v) is 7.96. The Bertz CT molecular complexity index is 780. The molecule has 0 bridgehead atoms. The summed E-state index contributed by atoms with van der Waals surface area (Å²) in [4.78, 5) is 15.5. The van der Waals surface area contributed by atoms with E-state index in [1.165, 1.54) is 77.0 Å². The van der Waals surface area contributed by atoms with Crippen molar-refractivity contribution in [2.24, 2.45) is 5.92 Å². The van der Waals surface area contributed by atoms with E-state index in [-0.39, 0.29) is 17.9 Å². The Kier molecular flexibility index (Phi) is 13.6. The zero-order valence-electron chi connectivity index (χ0n) is 23.5. The van der Waals surface area contributed by atoms with Crippen LogP contribution in [0.15, 0.2) is 18.2 Å². The van der Waals surface area contributed by atoms with Crippen LogP contribution in [-0.4, -0.2) is 54.8 Å². The molecule has 6 heteroatoms. The second kappa shape index (κ2) is 16.9. The molecule has 2 aliphatic heterocycles. The fourth-order valence-electron chi connectivity index (χ4n) is 5.51. The van der Waals surface area contributed by atoms with Crippen molar-refractivity contribution in [1.82, 2.24) is 10.2 Å². The predicted octanol–water partition coefficient (Wildman–Crippen LogP) is 6.41. The number of hydrogen-bond acceptors (Lipinski definition) is 5. The van der Waals surface area contributed by atoms with Crippen LogP contribution >= 0.6 is 0 Å². The molecule has 0 aliphatic carbocycles. The van der Waals surface area contributed by atoms with E-state index >= 15 is 0 Å². The summed E-state index contributed by atoms with van der Waals surface area (Å²) in [6.07, 6.45) is 16.9. The van der Waals surface area contributed by atoms with Crippen molar-refractivity contribution >= 4 is 5.91 Å². The largest absolute Gasteiger partial charge is 0.486 e. The van der Waals surface area contributed by atoms with E-state index in [1.807, 2.05) is 25.1 Å². The van der Waals surface area contributed by atoms with Crippen LogP contribution in [0.2, 0.25) is 0 Å². The van der Waals surface area contributed by atoms with E-state index in [9.17, 15) is 9.90 Å². The van der Waals surface area contributed by atoms with Crippen molar-refractivity contribution < 1.29 is 19.4 Å². The van der Waals surface area contributed by atoms with Crippen molar-refractivity contribution in [1.29, 1.82) is 0 Å². The molecule has 1 aromatic rings. The number of benzene rings is 1. The minimum absolute atomic E-state index is 0.0490. The van der Waals surface area contributed by atoms with Crippen LogP contribution in [0, 0.1) is 5.92 Å². The summed E-state index contributed by atoms with van der Waals surface area (Å²) in [6.45, 7) is 8.05. The fourth-order valence-corrected chi connectivity index (χ4v) is 5.51. The molecule has 2 heterocycles. The molecule has 3 rings (SSSR count). The maximum Gasteiger partial charge on any atom is 0.223 e. The van der Waals surface area contributed by atoms with Crippen LogP contribution in [0.4, 0.5) is 0 Å². The zero-order chi connectivity index (χ0) is 26.3. The summed E-state index contributed by atoms with van der Waals surface area (Å²) in [5, 5.41) is 14.5. The van der Waals surface area contributed by atoms with Gasteiger partial charge in [-0.05, 0) is 50.0 Å². The smallest absolute Gasteiger partial charge is 0.223 e. The lowest BCUT2D eigenvalue weighted by molar-refractivity contribution is -0.126. The summed E-state index contributed by atoms with van der Waals surface area (Å²) in [5.74, 6) is 1.38. The molecular formula is C31H52N2O4. The van der Waals surface area contributed by atoms with Gasteiger partial charge in [-0.25, -0.2) is 0 Å². The first kappa shape index (κ1) is 29.8. The molecule has 2 aliphatic rings. The molecule has 1 saturated heterocycles. The van der Waals surface area contributed by atoms with Gasteiger partial charge in [0.25, 0.3) is 0 Å². The van der Waals surface area contributed by atoms with Gasteiger partial charge in [-0.3, -0.25) is 4.79 Å². The second-order valence-electron chi connectivity index (χ2n) is 11.2. The standard InChI is InChI=1S/C31H52N2O4/c1-3-4-5-6-7-8-9-10-11-12-13-16-25(2)31(35)32-27(24-33-19-14-15-20-33)30(34)26-17-18-28-29(23-26)37-22-21-36-28/h17-18,23,25,27,30,34H,3-16,19-22,24H2,1-2H3,(H,32,35)/t25?,27-,30-/m0/s1. The number of nitrogens with one attached hydrogen (secondary N) is 1. The van der Waals surface area contributed by atoms with Gasteiger partial charge in [-0.15, -0.1) is 0 Å². The Morgan fingerprint density at radius 3 is 2.16 bits per heavy atom. The first-order valence-corrected chi connectivity index (χ1v) is 15.2. The summed E-state index contributed by atoms with van der Waals surface area (Å²) in [6, 6.07) is 5.25. The Labute approximate surface area is 225 Å². The lowest BCUT2D eigenvalue weighted by atomic mass is 9.98. The number of aliphatic hydroxyl groups excluding tert-OH is 1. The van der Waals surface area contributed by atoms with Crippen LogP contribution < -0.4 is 14.8 Å². The van der Waals surface area contributed by atoms with Crippen molar-refractivity contribution in [2.75, 3.05) is 32.8 Å². The Hall–Kier alpha value is -1.79. The van der Waals surface area contributed by atoms with Gasteiger partial charge in [0, 0.05) is 12.5 Å². The highest BCUT2D eigenvalue weighted by Crippen LogP contribution is 2.33. The molecule has 37 heavy (non-hydrogen) atoms. The van der Waals surface area contributed by atoms with Gasteiger partial charge in [0.1, 0.15) is 19.3 Å². The van der Waals surface area contributed by atoms with Crippen molar-refractivity contribution in [2.45, 2.75) is 116 Å². The van der Waals surface area contributed by atoms with Gasteiger partial charge in [0.2, 0.25) is 5.91 Å². The summed E-state index contributed by atoms with van der Waals surface area (Å²) in [7, 11) is 0. The number of unbranched alkanes of at least 4 members (excludes halogenated alkanes) is 10. The lowest BCUT2D eigenvalue weighted by Crippen LogP contribution is -2.48. The molecule has 3 atom stereocenters. The average Bonchev–Trinajstić information content (AvgIpc) is 3.43. The SMILES string of the molecule is CCCCCCCCCCCCCC(C)C(=O)N[C@@H](CN1CCCC1)[C@@H](O)c1ccc2c(c1)OCCO2. The molecule has 1 unspecified atom stereocenters. The average molecular weight is 517 g/mol. The number of hydrogen-bond donors (Lipinski definition) is 2. The maximum absolute atomic E-state index is 13.1. The fraction of sp³-hybridized carbons (Fsp3) is 0.774.